The van der Waals surface area contributed by atoms with Crippen molar-refractivity contribution in [2.24, 2.45) is 0 Å². The maximum Gasteiger partial charge on any atom is 0.229 e. The van der Waals surface area contributed by atoms with Crippen LogP contribution in [0.3, 0.4) is 0 Å². The predicted molar refractivity (Wildman–Crippen MR) is 63.3 cm³/mol. The molecular weight excluding hydrogens is 202 g/mol. The lowest BCUT2D eigenvalue weighted by Gasteiger charge is -2.12. The number of nitrogens with two attached hydrogens (primary N) is 1. The van der Waals surface area contributed by atoms with E-state index in [9.17, 15) is 0 Å². The summed E-state index contributed by atoms with van der Waals surface area (Å²) in [4.78, 5) is 2.25. The van der Waals surface area contributed by atoms with Gasteiger partial charge in [-0.15, -0.1) is 0 Å². The first-order chi connectivity index (χ1) is 7.75. The SMILES string of the molecule is CN1CCc2ccc(-c3cnoc3N)cc21. The first-order valence-electron chi connectivity index (χ1n) is 5.30. The maximum atomic E-state index is 5.71. The van der Waals surface area contributed by atoms with E-state index >= 15 is 0 Å². The second-order valence-electron chi connectivity index (χ2n) is 4.12. The van der Waals surface area contributed by atoms with E-state index in [2.05, 4.69) is 35.3 Å². The molecule has 0 spiro atoms. The fourth-order valence-electron chi connectivity index (χ4n) is 2.17. The van der Waals surface area contributed by atoms with Crippen molar-refractivity contribution >= 4 is 11.6 Å². The summed E-state index contributed by atoms with van der Waals surface area (Å²) in [7, 11) is 2.10. The van der Waals surface area contributed by atoms with Crippen molar-refractivity contribution in [1.82, 2.24) is 5.16 Å². The van der Waals surface area contributed by atoms with Crippen LogP contribution in [0.2, 0.25) is 0 Å². The molecule has 0 atom stereocenters. The molecule has 0 fully saturated rings. The van der Waals surface area contributed by atoms with Gasteiger partial charge in [0.1, 0.15) is 0 Å². The van der Waals surface area contributed by atoms with Crippen LogP contribution in [0.4, 0.5) is 11.6 Å². The summed E-state index contributed by atoms with van der Waals surface area (Å²) in [5.41, 5.74) is 10.3. The number of benzene rings is 1. The molecule has 4 nitrogen and oxygen atoms in total. The molecule has 3 rings (SSSR count). The Bertz CT molecular complexity index is 533. The van der Waals surface area contributed by atoms with Crippen molar-refractivity contribution in [1.29, 1.82) is 0 Å². The van der Waals surface area contributed by atoms with Gasteiger partial charge in [-0.3, -0.25) is 0 Å². The lowest BCUT2D eigenvalue weighted by Crippen LogP contribution is -2.12. The molecule has 0 unspecified atom stereocenters. The Morgan fingerprint density at radius 2 is 2.31 bits per heavy atom. The molecule has 1 aliphatic rings. The molecule has 0 bridgehead atoms. The summed E-state index contributed by atoms with van der Waals surface area (Å²) in [5.74, 6) is 0.376. The fourth-order valence-corrected chi connectivity index (χ4v) is 2.17. The molecule has 0 amide bonds. The van der Waals surface area contributed by atoms with E-state index in [4.69, 9.17) is 10.3 Å². The summed E-state index contributed by atoms with van der Waals surface area (Å²) in [5, 5.41) is 3.70. The molecule has 0 aliphatic carbocycles. The third-order valence-electron chi connectivity index (χ3n) is 3.12. The third kappa shape index (κ3) is 1.26. The Hall–Kier alpha value is -1.97. The summed E-state index contributed by atoms with van der Waals surface area (Å²) in [6, 6.07) is 6.37. The fraction of sp³-hybridized carbons (Fsp3) is 0.250. The minimum absolute atomic E-state index is 0.376. The van der Waals surface area contributed by atoms with Crippen LogP contribution < -0.4 is 10.6 Å². The molecule has 2 N–H and O–H groups in total. The first kappa shape index (κ1) is 9.27. The van der Waals surface area contributed by atoms with Crippen molar-refractivity contribution in [3.63, 3.8) is 0 Å². The van der Waals surface area contributed by atoms with Gasteiger partial charge in [0.25, 0.3) is 0 Å². The zero-order valence-corrected chi connectivity index (χ0v) is 9.10. The monoisotopic (exact) mass is 215 g/mol. The molecule has 2 aromatic rings. The predicted octanol–water partition coefficient (Wildman–Crippen LogP) is 1.92. The van der Waals surface area contributed by atoms with Gasteiger partial charge < -0.3 is 15.2 Å². The number of likely N-dealkylation sites (N-methyl/N-ethyl adjacent to an activating group) is 1. The van der Waals surface area contributed by atoms with Gasteiger partial charge in [0.05, 0.1) is 11.8 Å². The highest BCUT2D eigenvalue weighted by Gasteiger charge is 2.17. The van der Waals surface area contributed by atoms with Crippen molar-refractivity contribution < 1.29 is 4.52 Å². The van der Waals surface area contributed by atoms with Crippen molar-refractivity contribution in [3.05, 3.63) is 30.0 Å². The zero-order valence-electron chi connectivity index (χ0n) is 9.10. The topological polar surface area (TPSA) is 55.3 Å². The highest BCUT2D eigenvalue weighted by Crippen LogP contribution is 2.33. The lowest BCUT2D eigenvalue weighted by molar-refractivity contribution is 0.436. The second-order valence-corrected chi connectivity index (χ2v) is 4.12. The number of fused-ring (bicyclic) bond motifs is 1. The number of aromatic nitrogens is 1. The van der Waals surface area contributed by atoms with E-state index in [1.807, 2.05) is 0 Å². The van der Waals surface area contributed by atoms with Crippen molar-refractivity contribution in [2.45, 2.75) is 6.42 Å². The van der Waals surface area contributed by atoms with E-state index in [1.165, 1.54) is 11.3 Å². The number of rotatable bonds is 1. The summed E-state index contributed by atoms with van der Waals surface area (Å²) in [6.07, 6.45) is 2.78. The number of nitrogen functional groups attached to an aromatic ring is 1. The summed E-state index contributed by atoms with van der Waals surface area (Å²) < 4.78 is 4.88. The molecule has 1 aliphatic heterocycles. The molecule has 1 aromatic carbocycles. The summed E-state index contributed by atoms with van der Waals surface area (Å²) in [6.45, 7) is 1.08. The van der Waals surface area contributed by atoms with Crippen LogP contribution in [0.1, 0.15) is 5.56 Å². The van der Waals surface area contributed by atoms with Gasteiger partial charge in [-0.2, -0.15) is 0 Å². The Labute approximate surface area is 93.6 Å². The normalized spacial score (nSPS) is 14.2. The van der Waals surface area contributed by atoms with Gasteiger partial charge in [-0.05, 0) is 23.6 Å². The molecule has 4 heteroatoms. The number of hydrogen-bond donors (Lipinski definition) is 1. The second kappa shape index (κ2) is 3.27. The Balaban J connectivity index is 2.11. The van der Waals surface area contributed by atoms with Crippen molar-refractivity contribution in [2.75, 3.05) is 24.2 Å². The number of anilines is 2. The number of nitrogens with zero attached hydrogens (tertiary/aromatic N) is 2. The lowest BCUT2D eigenvalue weighted by atomic mass is 10.0. The molecule has 1 aromatic heterocycles. The molecule has 0 radical (unpaired) electrons. The maximum absolute atomic E-state index is 5.71. The Kier molecular flexibility index (Phi) is 1.89. The minimum atomic E-state index is 0.376. The van der Waals surface area contributed by atoms with E-state index in [0.717, 1.165) is 24.1 Å². The molecule has 16 heavy (non-hydrogen) atoms. The quantitative estimate of drug-likeness (QED) is 0.789. The third-order valence-corrected chi connectivity index (χ3v) is 3.12. The average molecular weight is 215 g/mol. The van der Waals surface area contributed by atoms with Gasteiger partial charge in [0.2, 0.25) is 5.88 Å². The van der Waals surface area contributed by atoms with Gasteiger partial charge >= 0.3 is 0 Å². The zero-order chi connectivity index (χ0) is 11.1. The van der Waals surface area contributed by atoms with Crippen LogP contribution in [-0.4, -0.2) is 18.7 Å². The van der Waals surface area contributed by atoms with Gasteiger partial charge in [0.15, 0.2) is 0 Å². The molecule has 0 saturated carbocycles. The van der Waals surface area contributed by atoms with Crippen LogP contribution in [0.25, 0.3) is 11.1 Å². The van der Waals surface area contributed by atoms with E-state index in [1.54, 1.807) is 6.20 Å². The Morgan fingerprint density at radius 1 is 1.44 bits per heavy atom. The van der Waals surface area contributed by atoms with Crippen LogP contribution in [0.15, 0.2) is 28.9 Å². The first-order valence-corrected chi connectivity index (χ1v) is 5.30. The van der Waals surface area contributed by atoms with Crippen molar-refractivity contribution in [3.8, 4) is 11.1 Å². The average Bonchev–Trinajstić information content (AvgIpc) is 2.86. The van der Waals surface area contributed by atoms with Crippen LogP contribution >= 0.6 is 0 Å². The standard InChI is InChI=1S/C12H13N3O/c1-15-5-4-8-2-3-9(6-11(8)15)10-7-14-16-12(10)13/h2-3,6-7H,4-5,13H2,1H3. The highest BCUT2D eigenvalue weighted by molar-refractivity contribution is 5.76. The number of hydrogen-bond acceptors (Lipinski definition) is 4. The van der Waals surface area contributed by atoms with Crippen LogP contribution in [0, 0.1) is 0 Å². The van der Waals surface area contributed by atoms with Crippen LogP contribution in [0.5, 0.6) is 0 Å². The molecule has 82 valence electrons. The molecule has 2 heterocycles. The van der Waals surface area contributed by atoms with E-state index < -0.39 is 0 Å². The smallest absolute Gasteiger partial charge is 0.229 e. The van der Waals surface area contributed by atoms with Gasteiger partial charge in [-0.1, -0.05) is 17.3 Å². The largest absolute Gasteiger partial charge is 0.374 e. The summed E-state index contributed by atoms with van der Waals surface area (Å²) >= 11 is 0. The highest BCUT2D eigenvalue weighted by atomic mass is 16.5. The Morgan fingerprint density at radius 3 is 3.06 bits per heavy atom. The van der Waals surface area contributed by atoms with E-state index in [0.29, 0.717) is 5.88 Å². The van der Waals surface area contributed by atoms with Gasteiger partial charge in [0, 0.05) is 19.3 Å². The van der Waals surface area contributed by atoms with E-state index in [-0.39, 0.29) is 0 Å². The van der Waals surface area contributed by atoms with Crippen LogP contribution in [-0.2, 0) is 6.42 Å². The minimum Gasteiger partial charge on any atom is -0.374 e. The van der Waals surface area contributed by atoms with Gasteiger partial charge in [-0.25, -0.2) is 0 Å². The molecular formula is C12H13N3O. The molecule has 0 saturated heterocycles.